The minimum absolute atomic E-state index is 0.294. The summed E-state index contributed by atoms with van der Waals surface area (Å²) in [5, 5.41) is 0. The first-order chi connectivity index (χ1) is 6.35. The van der Waals surface area contributed by atoms with E-state index >= 15 is 0 Å². The Hall–Kier alpha value is -0.120. The number of ether oxygens (including phenoxy) is 3. The molecule has 0 bridgehead atoms. The quantitative estimate of drug-likeness (QED) is 0.624. The third-order valence-corrected chi connectivity index (χ3v) is 3.02. The van der Waals surface area contributed by atoms with E-state index in [0.717, 1.165) is 32.5 Å². The first kappa shape index (κ1) is 9.44. The van der Waals surface area contributed by atoms with Crippen LogP contribution in [0.25, 0.3) is 0 Å². The molecule has 2 rings (SSSR count). The van der Waals surface area contributed by atoms with Gasteiger partial charge in [0.25, 0.3) is 0 Å². The van der Waals surface area contributed by atoms with E-state index in [-0.39, 0.29) is 5.79 Å². The summed E-state index contributed by atoms with van der Waals surface area (Å²) in [5.74, 6) is -0.294. The van der Waals surface area contributed by atoms with Gasteiger partial charge in [-0.05, 0) is 12.8 Å². The van der Waals surface area contributed by atoms with E-state index in [1.165, 1.54) is 12.8 Å². The van der Waals surface area contributed by atoms with E-state index in [0.29, 0.717) is 6.10 Å². The minimum atomic E-state index is -0.294. The Labute approximate surface area is 79.4 Å². The van der Waals surface area contributed by atoms with Gasteiger partial charge < -0.3 is 14.2 Å². The van der Waals surface area contributed by atoms with Crippen LogP contribution in [-0.2, 0) is 14.2 Å². The molecule has 0 aromatic carbocycles. The Morgan fingerprint density at radius 1 is 1.23 bits per heavy atom. The van der Waals surface area contributed by atoms with Gasteiger partial charge in [0.05, 0.1) is 19.3 Å². The summed E-state index contributed by atoms with van der Waals surface area (Å²) in [6.45, 7) is 1.49. The second kappa shape index (κ2) is 3.95. The van der Waals surface area contributed by atoms with Crippen molar-refractivity contribution in [2.45, 2.75) is 44.0 Å². The first-order valence-electron chi connectivity index (χ1n) is 5.15. The van der Waals surface area contributed by atoms with Crippen LogP contribution in [0, 0.1) is 0 Å². The van der Waals surface area contributed by atoms with Crippen LogP contribution in [0.5, 0.6) is 0 Å². The summed E-state index contributed by atoms with van der Waals surface area (Å²) in [4.78, 5) is 0. The van der Waals surface area contributed by atoms with Crippen molar-refractivity contribution in [3.05, 3.63) is 0 Å². The molecule has 76 valence electrons. The fraction of sp³-hybridized carbons (Fsp3) is 1.00. The SMILES string of the molecule is COC1CCCCC2(C1)OCCO2. The Morgan fingerprint density at radius 2 is 2.00 bits per heavy atom. The van der Waals surface area contributed by atoms with Crippen LogP contribution in [0.2, 0.25) is 0 Å². The molecule has 0 N–H and O–H groups in total. The topological polar surface area (TPSA) is 27.7 Å². The van der Waals surface area contributed by atoms with E-state index in [4.69, 9.17) is 14.2 Å². The predicted molar refractivity (Wildman–Crippen MR) is 48.5 cm³/mol. The summed E-state index contributed by atoms with van der Waals surface area (Å²) >= 11 is 0. The highest BCUT2D eigenvalue weighted by Crippen LogP contribution is 2.35. The van der Waals surface area contributed by atoms with Crippen molar-refractivity contribution >= 4 is 0 Å². The summed E-state index contributed by atoms with van der Waals surface area (Å²) in [5.41, 5.74) is 0. The maximum Gasteiger partial charge on any atom is 0.170 e. The molecule has 0 radical (unpaired) electrons. The molecule has 1 spiro atoms. The van der Waals surface area contributed by atoms with Crippen molar-refractivity contribution in [2.24, 2.45) is 0 Å². The summed E-state index contributed by atoms with van der Waals surface area (Å²) < 4.78 is 16.8. The lowest BCUT2D eigenvalue weighted by Crippen LogP contribution is -2.33. The molecule has 2 aliphatic rings. The van der Waals surface area contributed by atoms with Gasteiger partial charge in [-0.25, -0.2) is 0 Å². The fourth-order valence-corrected chi connectivity index (χ4v) is 2.28. The van der Waals surface area contributed by atoms with Crippen molar-refractivity contribution in [1.29, 1.82) is 0 Å². The van der Waals surface area contributed by atoms with Crippen LogP contribution in [0.1, 0.15) is 32.1 Å². The van der Waals surface area contributed by atoms with E-state index in [2.05, 4.69) is 0 Å². The Morgan fingerprint density at radius 3 is 2.69 bits per heavy atom. The van der Waals surface area contributed by atoms with Crippen LogP contribution in [0.15, 0.2) is 0 Å². The monoisotopic (exact) mass is 186 g/mol. The molecule has 1 atom stereocenters. The van der Waals surface area contributed by atoms with Crippen molar-refractivity contribution in [2.75, 3.05) is 20.3 Å². The van der Waals surface area contributed by atoms with Crippen LogP contribution < -0.4 is 0 Å². The van der Waals surface area contributed by atoms with E-state index in [1.54, 1.807) is 7.11 Å². The van der Waals surface area contributed by atoms with E-state index in [1.807, 2.05) is 0 Å². The second-order valence-electron chi connectivity index (χ2n) is 3.92. The third-order valence-electron chi connectivity index (χ3n) is 3.02. The molecule has 1 aliphatic carbocycles. The molecule has 3 nitrogen and oxygen atoms in total. The first-order valence-corrected chi connectivity index (χ1v) is 5.15. The predicted octanol–water partition coefficient (Wildman–Crippen LogP) is 1.71. The maximum absolute atomic E-state index is 5.69. The van der Waals surface area contributed by atoms with Gasteiger partial charge in [0.2, 0.25) is 0 Å². The zero-order valence-electron chi connectivity index (χ0n) is 8.25. The van der Waals surface area contributed by atoms with Gasteiger partial charge in [0.15, 0.2) is 5.79 Å². The molecule has 1 saturated carbocycles. The number of hydrogen-bond donors (Lipinski definition) is 0. The molecular formula is C10H18O3. The Kier molecular flexibility index (Phi) is 2.86. The molecule has 1 heterocycles. The molecule has 2 fully saturated rings. The van der Waals surface area contributed by atoms with Crippen molar-refractivity contribution < 1.29 is 14.2 Å². The standard InChI is InChI=1S/C10H18O3/c1-11-9-4-2-3-5-10(8-9)12-6-7-13-10/h9H,2-8H2,1H3. The lowest BCUT2D eigenvalue weighted by Gasteiger charge is -2.28. The lowest BCUT2D eigenvalue weighted by molar-refractivity contribution is -0.179. The van der Waals surface area contributed by atoms with Gasteiger partial charge in [-0.3, -0.25) is 0 Å². The number of rotatable bonds is 1. The smallest absolute Gasteiger partial charge is 0.170 e. The fourth-order valence-electron chi connectivity index (χ4n) is 2.28. The molecule has 0 amide bonds. The highest BCUT2D eigenvalue weighted by molar-refractivity contribution is 4.81. The van der Waals surface area contributed by atoms with Gasteiger partial charge in [-0.15, -0.1) is 0 Å². The molecular weight excluding hydrogens is 168 g/mol. The number of methoxy groups -OCH3 is 1. The second-order valence-corrected chi connectivity index (χ2v) is 3.92. The normalized spacial score (nSPS) is 33.5. The molecule has 1 aliphatic heterocycles. The van der Waals surface area contributed by atoms with Crippen LogP contribution in [0.4, 0.5) is 0 Å². The largest absolute Gasteiger partial charge is 0.381 e. The lowest BCUT2D eigenvalue weighted by atomic mass is 10.1. The molecule has 0 aromatic rings. The van der Waals surface area contributed by atoms with Crippen molar-refractivity contribution in [3.63, 3.8) is 0 Å². The summed E-state index contributed by atoms with van der Waals surface area (Å²) in [7, 11) is 1.78. The maximum atomic E-state index is 5.69. The summed E-state index contributed by atoms with van der Waals surface area (Å²) in [6, 6.07) is 0. The molecule has 0 aromatic heterocycles. The van der Waals surface area contributed by atoms with Gasteiger partial charge in [0, 0.05) is 20.0 Å². The Balaban J connectivity index is 2.00. The molecule has 1 unspecified atom stereocenters. The zero-order chi connectivity index (χ0) is 9.15. The average molecular weight is 186 g/mol. The van der Waals surface area contributed by atoms with Gasteiger partial charge in [-0.1, -0.05) is 6.42 Å². The van der Waals surface area contributed by atoms with Gasteiger partial charge in [-0.2, -0.15) is 0 Å². The molecule has 3 heteroatoms. The van der Waals surface area contributed by atoms with Gasteiger partial charge >= 0.3 is 0 Å². The van der Waals surface area contributed by atoms with Crippen molar-refractivity contribution in [1.82, 2.24) is 0 Å². The summed E-state index contributed by atoms with van der Waals surface area (Å²) in [6.07, 6.45) is 5.83. The Bertz CT molecular complexity index is 164. The highest BCUT2D eigenvalue weighted by Gasteiger charge is 2.39. The van der Waals surface area contributed by atoms with Crippen molar-refractivity contribution in [3.8, 4) is 0 Å². The number of hydrogen-bond acceptors (Lipinski definition) is 3. The minimum Gasteiger partial charge on any atom is -0.381 e. The molecule has 13 heavy (non-hydrogen) atoms. The highest BCUT2D eigenvalue weighted by atomic mass is 16.7. The van der Waals surface area contributed by atoms with E-state index < -0.39 is 0 Å². The molecule has 1 saturated heterocycles. The third kappa shape index (κ3) is 2.03. The van der Waals surface area contributed by atoms with Gasteiger partial charge in [0.1, 0.15) is 0 Å². The van der Waals surface area contributed by atoms with E-state index in [9.17, 15) is 0 Å². The van der Waals surface area contributed by atoms with Crippen LogP contribution in [-0.4, -0.2) is 32.2 Å². The average Bonchev–Trinajstić information content (AvgIpc) is 2.48. The zero-order valence-corrected chi connectivity index (χ0v) is 8.25. The van der Waals surface area contributed by atoms with Crippen LogP contribution in [0.3, 0.4) is 0 Å². The van der Waals surface area contributed by atoms with Crippen LogP contribution >= 0.6 is 0 Å².